The zero-order valence-corrected chi connectivity index (χ0v) is 9.96. The average molecular weight is 242 g/mol. The second-order valence-electron chi connectivity index (χ2n) is 3.73. The Bertz CT molecular complexity index is 351. The van der Waals surface area contributed by atoms with Crippen LogP contribution < -0.4 is 9.47 Å². The van der Waals surface area contributed by atoms with Crippen LogP contribution in [0.25, 0.3) is 0 Å². The number of benzene rings is 1. The van der Waals surface area contributed by atoms with Crippen molar-refractivity contribution in [2.75, 3.05) is 20.3 Å². The second kappa shape index (κ2) is 6.44. The van der Waals surface area contributed by atoms with Crippen LogP contribution in [-0.2, 0) is 0 Å². The summed E-state index contributed by atoms with van der Waals surface area (Å²) in [7, 11) is 1.50. The minimum Gasteiger partial charge on any atom is -0.493 e. The molecule has 0 amide bonds. The molecule has 0 bridgehead atoms. The van der Waals surface area contributed by atoms with Gasteiger partial charge in [0.1, 0.15) is 12.7 Å². The quantitative estimate of drug-likeness (QED) is 0.676. The van der Waals surface area contributed by atoms with E-state index in [0.29, 0.717) is 11.5 Å². The minimum absolute atomic E-state index is 0.0130. The maximum atomic E-state index is 9.42. The lowest BCUT2D eigenvalue weighted by Crippen LogP contribution is -2.21. The van der Waals surface area contributed by atoms with Crippen LogP contribution in [0.3, 0.4) is 0 Å². The molecular formula is C12H18O5. The number of aliphatic hydroxyl groups is 3. The molecule has 5 nitrogen and oxygen atoms in total. The number of methoxy groups -OCH3 is 1. The first-order valence-electron chi connectivity index (χ1n) is 5.36. The van der Waals surface area contributed by atoms with E-state index in [-0.39, 0.29) is 13.2 Å². The number of hydrogen-bond acceptors (Lipinski definition) is 5. The van der Waals surface area contributed by atoms with Gasteiger partial charge in [0, 0.05) is 0 Å². The van der Waals surface area contributed by atoms with E-state index in [0.717, 1.165) is 5.56 Å². The fourth-order valence-electron chi connectivity index (χ4n) is 1.30. The Hall–Kier alpha value is -1.30. The first-order chi connectivity index (χ1) is 8.08. The van der Waals surface area contributed by atoms with Crippen molar-refractivity contribution in [2.45, 2.75) is 19.1 Å². The van der Waals surface area contributed by atoms with E-state index in [1.54, 1.807) is 25.1 Å². The monoisotopic (exact) mass is 242 g/mol. The largest absolute Gasteiger partial charge is 0.493 e. The topological polar surface area (TPSA) is 79.2 Å². The van der Waals surface area contributed by atoms with Crippen molar-refractivity contribution < 1.29 is 24.8 Å². The van der Waals surface area contributed by atoms with Crippen molar-refractivity contribution in [1.82, 2.24) is 0 Å². The fraction of sp³-hybridized carbons (Fsp3) is 0.500. The molecule has 1 unspecified atom stereocenters. The van der Waals surface area contributed by atoms with Crippen LogP contribution in [0, 0.1) is 0 Å². The molecule has 0 aliphatic heterocycles. The molecular weight excluding hydrogens is 224 g/mol. The number of ether oxygens (including phenoxy) is 2. The summed E-state index contributed by atoms with van der Waals surface area (Å²) in [6, 6.07) is 5.05. The minimum atomic E-state index is -0.920. The van der Waals surface area contributed by atoms with Gasteiger partial charge in [0.05, 0.1) is 19.8 Å². The highest BCUT2D eigenvalue weighted by Crippen LogP contribution is 2.30. The first-order valence-corrected chi connectivity index (χ1v) is 5.36. The van der Waals surface area contributed by atoms with Gasteiger partial charge in [-0.15, -0.1) is 0 Å². The summed E-state index contributed by atoms with van der Waals surface area (Å²) in [6.07, 6.45) is -1.50. The smallest absolute Gasteiger partial charge is 0.161 e. The Morgan fingerprint density at radius 3 is 2.47 bits per heavy atom. The molecule has 17 heavy (non-hydrogen) atoms. The van der Waals surface area contributed by atoms with Gasteiger partial charge in [-0.3, -0.25) is 0 Å². The molecule has 0 saturated heterocycles. The van der Waals surface area contributed by atoms with Gasteiger partial charge < -0.3 is 24.8 Å². The summed E-state index contributed by atoms with van der Waals surface area (Å²) in [5, 5.41) is 27.3. The number of rotatable bonds is 6. The summed E-state index contributed by atoms with van der Waals surface area (Å²) in [4.78, 5) is 0. The summed E-state index contributed by atoms with van der Waals surface area (Å²) < 4.78 is 10.4. The van der Waals surface area contributed by atoms with Crippen molar-refractivity contribution >= 4 is 0 Å². The molecule has 1 aromatic rings. The standard InChI is InChI=1S/C12H18O5/c1-8(14)9-3-4-11(12(5-9)16-2)17-7-10(15)6-13/h3-5,8,10,13-15H,6-7H2,1-2H3/t8-,10?/m0/s1. The van der Waals surface area contributed by atoms with Crippen LogP contribution in [-0.4, -0.2) is 41.7 Å². The highest BCUT2D eigenvalue weighted by atomic mass is 16.5. The molecule has 1 aromatic carbocycles. The summed E-state index contributed by atoms with van der Waals surface area (Å²) in [5.41, 5.74) is 0.719. The third-order valence-corrected chi connectivity index (χ3v) is 2.31. The zero-order valence-electron chi connectivity index (χ0n) is 9.96. The Kier molecular flexibility index (Phi) is 5.21. The van der Waals surface area contributed by atoms with E-state index < -0.39 is 12.2 Å². The normalized spacial score (nSPS) is 14.2. The van der Waals surface area contributed by atoms with Crippen LogP contribution in [0.5, 0.6) is 11.5 Å². The molecule has 0 aliphatic rings. The first kappa shape index (κ1) is 13.8. The Labute approximate surface area is 100 Å². The molecule has 5 heteroatoms. The van der Waals surface area contributed by atoms with Gasteiger partial charge in [-0.05, 0) is 24.6 Å². The van der Waals surface area contributed by atoms with Crippen molar-refractivity contribution in [3.05, 3.63) is 23.8 Å². The van der Waals surface area contributed by atoms with Crippen molar-refractivity contribution in [3.63, 3.8) is 0 Å². The van der Waals surface area contributed by atoms with Crippen molar-refractivity contribution in [2.24, 2.45) is 0 Å². The predicted octanol–water partition coefficient (Wildman–Crippen LogP) is 0.480. The van der Waals surface area contributed by atoms with Gasteiger partial charge in [0.2, 0.25) is 0 Å². The third-order valence-electron chi connectivity index (χ3n) is 2.31. The van der Waals surface area contributed by atoms with Crippen LogP contribution in [0.4, 0.5) is 0 Å². The van der Waals surface area contributed by atoms with Crippen molar-refractivity contribution in [1.29, 1.82) is 0 Å². The summed E-state index contributed by atoms with van der Waals surface area (Å²) >= 11 is 0. The van der Waals surface area contributed by atoms with E-state index in [2.05, 4.69) is 0 Å². The van der Waals surface area contributed by atoms with Gasteiger partial charge in [-0.2, -0.15) is 0 Å². The van der Waals surface area contributed by atoms with Crippen molar-refractivity contribution in [3.8, 4) is 11.5 Å². The Morgan fingerprint density at radius 1 is 1.24 bits per heavy atom. The van der Waals surface area contributed by atoms with Crippen LogP contribution in [0.15, 0.2) is 18.2 Å². The Morgan fingerprint density at radius 2 is 1.94 bits per heavy atom. The van der Waals surface area contributed by atoms with Gasteiger partial charge in [0.15, 0.2) is 11.5 Å². The molecule has 0 fully saturated rings. The SMILES string of the molecule is COc1cc([C@H](C)O)ccc1OCC(O)CO. The molecule has 0 aromatic heterocycles. The molecule has 0 aliphatic carbocycles. The maximum absolute atomic E-state index is 9.42. The Balaban J connectivity index is 2.78. The molecule has 1 rings (SSSR count). The molecule has 96 valence electrons. The molecule has 2 atom stereocenters. The predicted molar refractivity (Wildman–Crippen MR) is 62.2 cm³/mol. The molecule has 3 N–H and O–H groups in total. The lowest BCUT2D eigenvalue weighted by atomic mass is 10.1. The number of hydrogen-bond donors (Lipinski definition) is 3. The van der Waals surface area contributed by atoms with E-state index in [1.165, 1.54) is 7.11 Å². The highest BCUT2D eigenvalue weighted by molar-refractivity contribution is 5.43. The van der Waals surface area contributed by atoms with E-state index in [4.69, 9.17) is 19.7 Å². The highest BCUT2D eigenvalue weighted by Gasteiger charge is 2.10. The summed E-state index contributed by atoms with van der Waals surface area (Å²) in [5.74, 6) is 0.943. The van der Waals surface area contributed by atoms with Crippen LogP contribution in [0.2, 0.25) is 0 Å². The van der Waals surface area contributed by atoms with Crippen LogP contribution >= 0.6 is 0 Å². The molecule has 0 spiro atoms. The van der Waals surface area contributed by atoms with Crippen LogP contribution in [0.1, 0.15) is 18.6 Å². The maximum Gasteiger partial charge on any atom is 0.161 e. The van der Waals surface area contributed by atoms with E-state index in [1.807, 2.05) is 0 Å². The fourth-order valence-corrected chi connectivity index (χ4v) is 1.30. The number of aliphatic hydroxyl groups excluding tert-OH is 3. The van der Waals surface area contributed by atoms with Gasteiger partial charge in [-0.25, -0.2) is 0 Å². The van der Waals surface area contributed by atoms with Gasteiger partial charge in [-0.1, -0.05) is 6.07 Å². The van der Waals surface area contributed by atoms with Gasteiger partial charge >= 0.3 is 0 Å². The average Bonchev–Trinajstić information content (AvgIpc) is 2.35. The lowest BCUT2D eigenvalue weighted by Gasteiger charge is -2.14. The molecule has 0 heterocycles. The zero-order chi connectivity index (χ0) is 12.8. The summed E-state index contributed by atoms with van der Waals surface area (Å²) in [6.45, 7) is 1.29. The van der Waals surface area contributed by atoms with E-state index >= 15 is 0 Å². The van der Waals surface area contributed by atoms with E-state index in [9.17, 15) is 5.11 Å². The third kappa shape index (κ3) is 3.89. The van der Waals surface area contributed by atoms with Gasteiger partial charge in [0.25, 0.3) is 0 Å². The lowest BCUT2D eigenvalue weighted by molar-refractivity contribution is 0.0527. The molecule has 0 radical (unpaired) electrons. The second-order valence-corrected chi connectivity index (χ2v) is 3.73. The molecule has 0 saturated carbocycles.